The van der Waals surface area contributed by atoms with Gasteiger partial charge in [-0.25, -0.2) is 9.37 Å². The summed E-state index contributed by atoms with van der Waals surface area (Å²) in [6.07, 6.45) is 3.18. The maximum atomic E-state index is 13.0. The standard InChI is InChI=1S/C9H7ClFN3/c10-6-3-7(11)5-8(4-6)14-2-1-13-9(14)12/h1-5H,(H2,12,13). The van der Waals surface area contributed by atoms with Gasteiger partial charge in [-0.2, -0.15) is 0 Å². The molecule has 0 aliphatic heterocycles. The Morgan fingerprint density at radius 2 is 2.14 bits per heavy atom. The highest BCUT2D eigenvalue weighted by molar-refractivity contribution is 6.30. The van der Waals surface area contributed by atoms with Gasteiger partial charge in [0, 0.05) is 17.4 Å². The van der Waals surface area contributed by atoms with Gasteiger partial charge >= 0.3 is 0 Å². The summed E-state index contributed by atoms with van der Waals surface area (Å²) in [5, 5.41) is 0.327. The van der Waals surface area contributed by atoms with Crippen molar-refractivity contribution in [3.63, 3.8) is 0 Å². The third kappa shape index (κ3) is 1.56. The fourth-order valence-electron chi connectivity index (χ4n) is 1.21. The van der Waals surface area contributed by atoms with Gasteiger partial charge in [0.05, 0.1) is 5.69 Å². The number of nitrogens with two attached hydrogens (primary N) is 1. The predicted molar refractivity (Wildman–Crippen MR) is 52.9 cm³/mol. The summed E-state index contributed by atoms with van der Waals surface area (Å²) in [4.78, 5) is 3.83. The summed E-state index contributed by atoms with van der Waals surface area (Å²) >= 11 is 5.70. The van der Waals surface area contributed by atoms with Crippen LogP contribution >= 0.6 is 11.6 Å². The molecule has 14 heavy (non-hydrogen) atoms. The molecule has 1 aromatic carbocycles. The average molecular weight is 212 g/mol. The Kier molecular flexibility index (Phi) is 2.13. The van der Waals surface area contributed by atoms with Gasteiger partial charge in [0.15, 0.2) is 0 Å². The van der Waals surface area contributed by atoms with Crippen LogP contribution in [0.25, 0.3) is 5.69 Å². The SMILES string of the molecule is Nc1nccn1-c1cc(F)cc(Cl)c1. The molecule has 0 spiro atoms. The van der Waals surface area contributed by atoms with Gasteiger partial charge in [0.1, 0.15) is 5.82 Å². The van der Waals surface area contributed by atoms with Crippen LogP contribution < -0.4 is 5.73 Å². The van der Waals surface area contributed by atoms with Crippen LogP contribution in [0.5, 0.6) is 0 Å². The molecule has 72 valence electrons. The summed E-state index contributed by atoms with van der Waals surface area (Å²) in [5.41, 5.74) is 6.12. The van der Waals surface area contributed by atoms with Crippen molar-refractivity contribution in [2.24, 2.45) is 0 Å². The first-order valence-electron chi connectivity index (χ1n) is 3.92. The van der Waals surface area contributed by atoms with Gasteiger partial charge in [-0.1, -0.05) is 11.6 Å². The molecule has 0 aliphatic carbocycles. The van der Waals surface area contributed by atoms with Crippen LogP contribution in [0, 0.1) is 5.82 Å². The number of imidazole rings is 1. The van der Waals surface area contributed by atoms with Crippen molar-refractivity contribution in [1.82, 2.24) is 9.55 Å². The number of rotatable bonds is 1. The second-order valence-corrected chi connectivity index (χ2v) is 3.22. The molecule has 0 amide bonds. The Balaban J connectivity index is 2.57. The Labute approximate surface area is 84.9 Å². The molecule has 3 nitrogen and oxygen atoms in total. The minimum absolute atomic E-state index is 0.298. The summed E-state index contributed by atoms with van der Waals surface area (Å²) in [6, 6.07) is 4.19. The van der Waals surface area contributed by atoms with Crippen molar-refractivity contribution >= 4 is 17.5 Å². The Hall–Kier alpha value is -1.55. The molecule has 0 fully saturated rings. The molecule has 0 unspecified atom stereocenters. The van der Waals surface area contributed by atoms with Crippen LogP contribution in [0.3, 0.4) is 0 Å². The van der Waals surface area contributed by atoms with Crippen LogP contribution in [0.1, 0.15) is 0 Å². The monoisotopic (exact) mass is 211 g/mol. The zero-order valence-electron chi connectivity index (χ0n) is 7.11. The van der Waals surface area contributed by atoms with Gasteiger partial charge in [-0.05, 0) is 18.2 Å². The highest BCUT2D eigenvalue weighted by Gasteiger charge is 2.03. The Morgan fingerprint density at radius 3 is 2.71 bits per heavy atom. The number of anilines is 1. The third-order valence-electron chi connectivity index (χ3n) is 1.79. The Bertz CT molecular complexity index is 447. The molecule has 1 aromatic heterocycles. The largest absolute Gasteiger partial charge is 0.369 e. The van der Waals surface area contributed by atoms with Gasteiger partial charge in [-0.3, -0.25) is 4.57 Å². The summed E-state index contributed by atoms with van der Waals surface area (Å²) in [6.45, 7) is 0. The number of nitrogens with zero attached hydrogens (tertiary/aromatic N) is 2. The van der Waals surface area contributed by atoms with Gasteiger partial charge in [-0.15, -0.1) is 0 Å². The zero-order chi connectivity index (χ0) is 10.1. The van der Waals surface area contributed by atoms with Crippen molar-refractivity contribution < 1.29 is 4.39 Å². The van der Waals surface area contributed by atoms with Crippen LogP contribution in [-0.4, -0.2) is 9.55 Å². The lowest BCUT2D eigenvalue weighted by Gasteiger charge is -2.04. The maximum absolute atomic E-state index is 13.0. The molecule has 0 aliphatic rings. The van der Waals surface area contributed by atoms with Crippen molar-refractivity contribution in [3.8, 4) is 5.69 Å². The number of hydrogen-bond donors (Lipinski definition) is 1. The smallest absolute Gasteiger partial charge is 0.204 e. The van der Waals surface area contributed by atoms with Gasteiger partial charge in [0.25, 0.3) is 0 Å². The molecular weight excluding hydrogens is 205 g/mol. The highest BCUT2D eigenvalue weighted by Crippen LogP contribution is 2.19. The molecule has 0 atom stereocenters. The molecule has 1 heterocycles. The third-order valence-corrected chi connectivity index (χ3v) is 2.01. The topological polar surface area (TPSA) is 43.8 Å². The van der Waals surface area contributed by atoms with E-state index in [0.717, 1.165) is 0 Å². The lowest BCUT2D eigenvalue weighted by molar-refractivity contribution is 0.627. The van der Waals surface area contributed by atoms with E-state index in [1.54, 1.807) is 16.8 Å². The summed E-state index contributed by atoms with van der Waals surface area (Å²) in [5.74, 6) is -0.104. The number of aromatic nitrogens is 2. The van der Waals surface area contributed by atoms with Crippen molar-refractivity contribution in [2.75, 3.05) is 5.73 Å². The second kappa shape index (κ2) is 3.31. The van der Waals surface area contributed by atoms with E-state index in [1.165, 1.54) is 18.3 Å². The number of halogens is 2. The van der Waals surface area contributed by atoms with E-state index in [4.69, 9.17) is 17.3 Å². The number of benzene rings is 1. The maximum Gasteiger partial charge on any atom is 0.204 e. The molecule has 0 saturated carbocycles. The van der Waals surface area contributed by atoms with Crippen LogP contribution in [0.15, 0.2) is 30.6 Å². The van der Waals surface area contributed by atoms with E-state index in [1.807, 2.05) is 0 Å². The number of nitrogen functional groups attached to an aromatic ring is 1. The molecular formula is C9H7ClFN3. The van der Waals surface area contributed by atoms with E-state index in [2.05, 4.69) is 4.98 Å². The quantitative estimate of drug-likeness (QED) is 0.786. The first kappa shape index (κ1) is 9.02. The molecule has 2 rings (SSSR count). The van der Waals surface area contributed by atoms with Crippen LogP contribution in [0.2, 0.25) is 5.02 Å². The summed E-state index contributed by atoms with van der Waals surface area (Å²) in [7, 11) is 0. The fourth-order valence-corrected chi connectivity index (χ4v) is 1.43. The molecule has 5 heteroatoms. The van der Waals surface area contributed by atoms with E-state index < -0.39 is 5.82 Å². The van der Waals surface area contributed by atoms with Crippen molar-refractivity contribution in [3.05, 3.63) is 41.4 Å². The van der Waals surface area contributed by atoms with Crippen LogP contribution in [0.4, 0.5) is 10.3 Å². The van der Waals surface area contributed by atoms with Gasteiger partial charge in [0.2, 0.25) is 5.95 Å². The minimum atomic E-state index is -0.402. The fraction of sp³-hybridized carbons (Fsp3) is 0. The predicted octanol–water partition coefficient (Wildman–Crippen LogP) is 2.25. The van der Waals surface area contributed by atoms with E-state index in [0.29, 0.717) is 16.7 Å². The van der Waals surface area contributed by atoms with E-state index in [-0.39, 0.29) is 0 Å². The highest BCUT2D eigenvalue weighted by atomic mass is 35.5. The first-order chi connectivity index (χ1) is 6.66. The molecule has 0 bridgehead atoms. The summed E-state index contributed by atoms with van der Waals surface area (Å²) < 4.78 is 14.5. The lowest BCUT2D eigenvalue weighted by Crippen LogP contribution is -1.99. The molecule has 2 aromatic rings. The van der Waals surface area contributed by atoms with Crippen molar-refractivity contribution in [2.45, 2.75) is 0 Å². The van der Waals surface area contributed by atoms with E-state index >= 15 is 0 Å². The molecule has 2 N–H and O–H groups in total. The Morgan fingerprint density at radius 1 is 1.36 bits per heavy atom. The van der Waals surface area contributed by atoms with E-state index in [9.17, 15) is 4.39 Å². The molecule has 0 saturated heterocycles. The minimum Gasteiger partial charge on any atom is -0.369 e. The van der Waals surface area contributed by atoms with Gasteiger partial charge < -0.3 is 5.73 Å². The van der Waals surface area contributed by atoms with Crippen LogP contribution in [-0.2, 0) is 0 Å². The average Bonchev–Trinajstić information content (AvgIpc) is 2.49. The normalized spacial score (nSPS) is 10.4. The van der Waals surface area contributed by atoms with Crippen molar-refractivity contribution in [1.29, 1.82) is 0 Å². The number of hydrogen-bond acceptors (Lipinski definition) is 2. The lowest BCUT2D eigenvalue weighted by atomic mass is 10.3. The molecule has 0 radical (unpaired) electrons. The first-order valence-corrected chi connectivity index (χ1v) is 4.30. The second-order valence-electron chi connectivity index (χ2n) is 2.78. The zero-order valence-corrected chi connectivity index (χ0v) is 7.87.